The fourth-order valence-corrected chi connectivity index (χ4v) is 4.18. The summed E-state index contributed by atoms with van der Waals surface area (Å²) >= 11 is 0. The zero-order chi connectivity index (χ0) is 23.4. The molecule has 1 amide bonds. The summed E-state index contributed by atoms with van der Waals surface area (Å²) in [5.74, 6) is 1.43. The Hall–Kier alpha value is -3.55. The summed E-state index contributed by atoms with van der Waals surface area (Å²) in [5.41, 5.74) is 2.91. The van der Waals surface area contributed by atoms with Gasteiger partial charge in [0, 0.05) is 19.1 Å². The number of piperidine rings is 1. The van der Waals surface area contributed by atoms with Gasteiger partial charge >= 0.3 is 0 Å². The minimum absolute atomic E-state index is 0.0215. The third-order valence-electron chi connectivity index (χ3n) is 5.75. The number of carbonyl (C=O) groups is 1. The van der Waals surface area contributed by atoms with E-state index in [1.165, 1.54) is 0 Å². The fraction of sp³-hybridized carbons (Fsp3) is 0.400. The van der Waals surface area contributed by atoms with Crippen molar-refractivity contribution >= 4 is 11.6 Å². The zero-order valence-corrected chi connectivity index (χ0v) is 19.6. The van der Waals surface area contributed by atoms with E-state index in [1.54, 1.807) is 11.8 Å². The molecule has 1 aromatic heterocycles. The summed E-state index contributed by atoms with van der Waals surface area (Å²) in [6.45, 7) is 7.48. The lowest BCUT2D eigenvalue weighted by Crippen LogP contribution is -2.48. The molecule has 0 saturated carbocycles. The van der Waals surface area contributed by atoms with Crippen LogP contribution in [-0.2, 0) is 0 Å². The molecule has 33 heavy (non-hydrogen) atoms. The van der Waals surface area contributed by atoms with Gasteiger partial charge in [0.05, 0.1) is 30.3 Å². The summed E-state index contributed by atoms with van der Waals surface area (Å²) in [7, 11) is 1.68. The van der Waals surface area contributed by atoms with Crippen molar-refractivity contribution in [3.8, 4) is 17.2 Å². The standard InChI is InChI=1S/C25H31N5O3/c1-17(2)33-21-13-11-20(12-14-21)30-18(3)24(27-28-30)25(31)26-19-8-7-15-29(16-19)22-9-5-6-10-23(22)32-4/h5-6,9-14,17,19H,7-8,15-16H2,1-4H3,(H,26,31). The number of nitrogens with one attached hydrogen (secondary N) is 1. The van der Waals surface area contributed by atoms with Gasteiger partial charge < -0.3 is 19.7 Å². The van der Waals surface area contributed by atoms with E-state index in [0.29, 0.717) is 11.4 Å². The van der Waals surface area contributed by atoms with Crippen molar-refractivity contribution in [2.75, 3.05) is 25.1 Å². The van der Waals surface area contributed by atoms with Gasteiger partial charge in [-0.05, 0) is 70.0 Å². The number of anilines is 1. The predicted molar refractivity (Wildman–Crippen MR) is 128 cm³/mol. The van der Waals surface area contributed by atoms with Crippen molar-refractivity contribution in [1.29, 1.82) is 0 Å². The number of hydrogen-bond acceptors (Lipinski definition) is 6. The van der Waals surface area contributed by atoms with Crippen molar-refractivity contribution < 1.29 is 14.3 Å². The highest BCUT2D eigenvalue weighted by atomic mass is 16.5. The predicted octanol–water partition coefficient (Wildman–Crippen LogP) is 3.77. The number of benzene rings is 2. The quantitative estimate of drug-likeness (QED) is 0.591. The molecule has 1 fully saturated rings. The molecule has 4 rings (SSSR count). The molecule has 0 radical (unpaired) electrons. The topological polar surface area (TPSA) is 81.5 Å². The Labute approximate surface area is 194 Å². The molecule has 8 nitrogen and oxygen atoms in total. The number of amides is 1. The molecule has 8 heteroatoms. The van der Waals surface area contributed by atoms with E-state index in [9.17, 15) is 4.79 Å². The van der Waals surface area contributed by atoms with Crippen LogP contribution < -0.4 is 19.7 Å². The summed E-state index contributed by atoms with van der Waals surface area (Å²) in [6, 6.07) is 15.6. The third kappa shape index (κ3) is 5.10. The molecule has 1 aliphatic rings. The van der Waals surface area contributed by atoms with Crippen molar-refractivity contribution in [2.24, 2.45) is 0 Å². The second-order valence-corrected chi connectivity index (χ2v) is 8.53. The molecule has 1 atom stereocenters. The highest BCUT2D eigenvalue weighted by Gasteiger charge is 2.26. The van der Waals surface area contributed by atoms with Gasteiger partial charge in [-0.25, -0.2) is 4.68 Å². The summed E-state index contributed by atoms with van der Waals surface area (Å²) < 4.78 is 12.9. The maximum absolute atomic E-state index is 13.0. The van der Waals surface area contributed by atoms with E-state index in [2.05, 4.69) is 26.6 Å². The van der Waals surface area contributed by atoms with Crippen LogP contribution in [0.3, 0.4) is 0 Å². The minimum atomic E-state index is -0.203. The van der Waals surface area contributed by atoms with Gasteiger partial charge in [-0.1, -0.05) is 17.3 Å². The van der Waals surface area contributed by atoms with E-state index in [1.807, 2.05) is 63.2 Å². The van der Waals surface area contributed by atoms with Gasteiger partial charge in [-0.3, -0.25) is 4.79 Å². The molecular formula is C25H31N5O3. The molecule has 0 spiro atoms. The Morgan fingerprint density at radius 2 is 1.91 bits per heavy atom. The van der Waals surface area contributed by atoms with Gasteiger partial charge in [0.25, 0.3) is 5.91 Å². The first-order chi connectivity index (χ1) is 16.0. The van der Waals surface area contributed by atoms with Crippen LogP contribution in [-0.4, -0.2) is 53.2 Å². The van der Waals surface area contributed by atoms with Gasteiger partial charge in [0.15, 0.2) is 5.69 Å². The van der Waals surface area contributed by atoms with Crippen LogP contribution >= 0.6 is 0 Å². The largest absolute Gasteiger partial charge is 0.495 e. The Bertz CT molecular complexity index is 1090. The highest BCUT2D eigenvalue weighted by Crippen LogP contribution is 2.30. The fourth-order valence-electron chi connectivity index (χ4n) is 4.18. The smallest absolute Gasteiger partial charge is 0.274 e. The highest BCUT2D eigenvalue weighted by molar-refractivity contribution is 5.93. The molecule has 0 aliphatic carbocycles. The van der Waals surface area contributed by atoms with Crippen molar-refractivity contribution in [1.82, 2.24) is 20.3 Å². The van der Waals surface area contributed by atoms with Gasteiger partial charge in [0.2, 0.25) is 0 Å². The van der Waals surface area contributed by atoms with Crippen LogP contribution in [0.4, 0.5) is 5.69 Å². The van der Waals surface area contributed by atoms with E-state index in [-0.39, 0.29) is 18.1 Å². The Balaban J connectivity index is 1.44. The van der Waals surface area contributed by atoms with Crippen LogP contribution in [0.25, 0.3) is 5.69 Å². The normalized spacial score (nSPS) is 16.0. The van der Waals surface area contributed by atoms with Crippen LogP contribution in [0.1, 0.15) is 42.9 Å². The van der Waals surface area contributed by atoms with Gasteiger partial charge in [-0.15, -0.1) is 5.10 Å². The number of carbonyl (C=O) groups excluding carboxylic acids is 1. The van der Waals surface area contributed by atoms with Crippen molar-refractivity contribution in [3.05, 3.63) is 59.9 Å². The molecule has 0 bridgehead atoms. The SMILES string of the molecule is COc1ccccc1N1CCCC(NC(=O)c2nnn(-c3ccc(OC(C)C)cc3)c2C)C1. The van der Waals surface area contributed by atoms with Crippen molar-refractivity contribution in [3.63, 3.8) is 0 Å². The lowest BCUT2D eigenvalue weighted by molar-refractivity contribution is 0.0927. The van der Waals surface area contributed by atoms with Crippen molar-refractivity contribution in [2.45, 2.75) is 45.8 Å². The number of nitrogens with zero attached hydrogens (tertiary/aromatic N) is 4. The van der Waals surface area contributed by atoms with Crippen LogP contribution in [0.2, 0.25) is 0 Å². The van der Waals surface area contributed by atoms with E-state index in [4.69, 9.17) is 9.47 Å². The zero-order valence-electron chi connectivity index (χ0n) is 19.6. The monoisotopic (exact) mass is 449 g/mol. The first-order valence-corrected chi connectivity index (χ1v) is 11.3. The molecule has 1 unspecified atom stereocenters. The maximum atomic E-state index is 13.0. The molecule has 1 aliphatic heterocycles. The first-order valence-electron chi connectivity index (χ1n) is 11.3. The Morgan fingerprint density at radius 3 is 2.64 bits per heavy atom. The lowest BCUT2D eigenvalue weighted by atomic mass is 10.0. The summed E-state index contributed by atoms with van der Waals surface area (Å²) in [6.07, 6.45) is 2.01. The van der Waals surface area contributed by atoms with E-state index < -0.39 is 0 Å². The third-order valence-corrected chi connectivity index (χ3v) is 5.75. The average Bonchev–Trinajstić information content (AvgIpc) is 3.20. The molecule has 3 aromatic rings. The van der Waals surface area contributed by atoms with Crippen LogP contribution in [0.15, 0.2) is 48.5 Å². The lowest BCUT2D eigenvalue weighted by Gasteiger charge is -2.35. The van der Waals surface area contributed by atoms with Crippen LogP contribution in [0.5, 0.6) is 11.5 Å². The second-order valence-electron chi connectivity index (χ2n) is 8.53. The number of ether oxygens (including phenoxy) is 2. The number of para-hydroxylation sites is 2. The van der Waals surface area contributed by atoms with E-state index in [0.717, 1.165) is 48.8 Å². The number of methoxy groups -OCH3 is 1. The number of aromatic nitrogens is 3. The maximum Gasteiger partial charge on any atom is 0.274 e. The Kier molecular flexibility index (Phi) is 6.82. The molecule has 174 valence electrons. The first kappa shape index (κ1) is 22.6. The van der Waals surface area contributed by atoms with Crippen LogP contribution in [0, 0.1) is 6.92 Å². The van der Waals surface area contributed by atoms with Gasteiger partial charge in [0.1, 0.15) is 11.5 Å². The number of hydrogen-bond donors (Lipinski definition) is 1. The molecule has 2 aromatic carbocycles. The summed E-state index contributed by atoms with van der Waals surface area (Å²) in [4.78, 5) is 15.3. The Morgan fingerprint density at radius 1 is 1.15 bits per heavy atom. The molecule has 1 saturated heterocycles. The number of rotatable bonds is 7. The minimum Gasteiger partial charge on any atom is -0.495 e. The average molecular weight is 450 g/mol. The molecule has 1 N–H and O–H groups in total. The summed E-state index contributed by atoms with van der Waals surface area (Å²) in [5, 5.41) is 11.5. The molecular weight excluding hydrogens is 418 g/mol. The molecule has 2 heterocycles. The second kappa shape index (κ2) is 9.94. The van der Waals surface area contributed by atoms with E-state index >= 15 is 0 Å². The van der Waals surface area contributed by atoms with Gasteiger partial charge in [-0.2, -0.15) is 0 Å².